The maximum Gasteiger partial charge on any atom is 0.132 e. The number of nitrogens with zero attached hydrogens (tertiary/aromatic N) is 1. The number of pyridine rings is 1. The third-order valence-corrected chi connectivity index (χ3v) is 3.16. The van der Waals surface area contributed by atoms with Gasteiger partial charge in [0.05, 0.1) is 6.10 Å². The van der Waals surface area contributed by atoms with E-state index in [-0.39, 0.29) is 6.10 Å². The first kappa shape index (κ1) is 14.2. The van der Waals surface area contributed by atoms with Crippen LogP contribution in [0.1, 0.15) is 25.8 Å². The van der Waals surface area contributed by atoms with Crippen molar-refractivity contribution in [2.75, 3.05) is 11.1 Å². The number of ether oxygens (including phenoxy) is 1. The lowest BCUT2D eigenvalue weighted by atomic mass is 10.2. The summed E-state index contributed by atoms with van der Waals surface area (Å²) >= 11 is 0. The van der Waals surface area contributed by atoms with Crippen LogP contribution in [0.3, 0.4) is 0 Å². The Morgan fingerprint density at radius 2 is 2.15 bits per heavy atom. The van der Waals surface area contributed by atoms with Gasteiger partial charge in [-0.2, -0.15) is 0 Å². The smallest absolute Gasteiger partial charge is 0.132 e. The molecule has 1 atom stereocenters. The van der Waals surface area contributed by atoms with Crippen LogP contribution in [-0.4, -0.2) is 11.1 Å². The Bertz CT molecular complexity index is 584. The molecule has 0 aliphatic rings. The Hall–Kier alpha value is -2.23. The number of anilines is 3. The maximum atomic E-state index is 5.88. The molecule has 2 rings (SSSR count). The van der Waals surface area contributed by atoms with E-state index < -0.39 is 0 Å². The number of aryl methyl sites for hydroxylation is 1. The molecule has 0 radical (unpaired) electrons. The van der Waals surface area contributed by atoms with E-state index in [1.54, 1.807) is 6.20 Å². The van der Waals surface area contributed by atoms with Gasteiger partial charge in [-0.1, -0.05) is 13.0 Å². The number of nitrogens with two attached hydrogens (primary N) is 1. The van der Waals surface area contributed by atoms with Gasteiger partial charge in [0.1, 0.15) is 11.6 Å². The van der Waals surface area contributed by atoms with Crippen LogP contribution in [-0.2, 0) is 0 Å². The van der Waals surface area contributed by atoms with Gasteiger partial charge in [-0.3, -0.25) is 0 Å². The van der Waals surface area contributed by atoms with Crippen LogP contribution in [0, 0.1) is 6.92 Å². The first-order valence-corrected chi connectivity index (χ1v) is 6.84. The minimum absolute atomic E-state index is 0.207. The van der Waals surface area contributed by atoms with Crippen molar-refractivity contribution in [2.24, 2.45) is 0 Å². The fourth-order valence-corrected chi connectivity index (χ4v) is 1.72. The molecule has 20 heavy (non-hydrogen) atoms. The average Bonchev–Trinajstić information content (AvgIpc) is 2.43. The molecule has 4 nitrogen and oxygen atoms in total. The summed E-state index contributed by atoms with van der Waals surface area (Å²) in [6, 6.07) is 9.68. The molecule has 106 valence electrons. The third-order valence-electron chi connectivity index (χ3n) is 3.16. The van der Waals surface area contributed by atoms with Crippen LogP contribution < -0.4 is 15.8 Å². The van der Waals surface area contributed by atoms with Gasteiger partial charge in [-0.15, -0.1) is 0 Å². The molecule has 0 amide bonds. The molecule has 0 saturated carbocycles. The molecule has 0 aliphatic carbocycles. The van der Waals surface area contributed by atoms with Crippen molar-refractivity contribution in [2.45, 2.75) is 33.3 Å². The van der Waals surface area contributed by atoms with Gasteiger partial charge in [0.25, 0.3) is 0 Å². The predicted octanol–water partition coefficient (Wildman–Crippen LogP) is 3.89. The van der Waals surface area contributed by atoms with Gasteiger partial charge in [0, 0.05) is 29.7 Å². The van der Waals surface area contributed by atoms with Crippen molar-refractivity contribution in [1.82, 2.24) is 4.98 Å². The second-order valence-electron chi connectivity index (χ2n) is 4.92. The predicted molar refractivity (Wildman–Crippen MR) is 83.5 cm³/mol. The van der Waals surface area contributed by atoms with Crippen molar-refractivity contribution in [3.8, 4) is 5.75 Å². The topological polar surface area (TPSA) is 60.2 Å². The second kappa shape index (κ2) is 6.28. The molecule has 0 bridgehead atoms. The molecular formula is C16H21N3O. The number of nitrogens with one attached hydrogen (secondary N) is 1. The van der Waals surface area contributed by atoms with Crippen molar-refractivity contribution >= 4 is 17.2 Å². The number of hydrogen-bond donors (Lipinski definition) is 2. The Labute approximate surface area is 120 Å². The fourth-order valence-electron chi connectivity index (χ4n) is 1.72. The van der Waals surface area contributed by atoms with Crippen molar-refractivity contribution < 1.29 is 4.74 Å². The van der Waals surface area contributed by atoms with E-state index in [0.29, 0.717) is 0 Å². The highest BCUT2D eigenvalue weighted by molar-refractivity contribution is 5.62. The lowest BCUT2D eigenvalue weighted by Crippen LogP contribution is -2.09. The molecule has 0 saturated heterocycles. The van der Waals surface area contributed by atoms with E-state index in [4.69, 9.17) is 10.5 Å². The second-order valence-corrected chi connectivity index (χ2v) is 4.92. The van der Waals surface area contributed by atoms with Gasteiger partial charge < -0.3 is 15.8 Å². The molecule has 2 aromatic rings. The van der Waals surface area contributed by atoms with Crippen LogP contribution in [0.25, 0.3) is 0 Å². The fraction of sp³-hybridized carbons (Fsp3) is 0.312. The zero-order chi connectivity index (χ0) is 14.5. The van der Waals surface area contributed by atoms with Gasteiger partial charge in [0.15, 0.2) is 0 Å². The van der Waals surface area contributed by atoms with Gasteiger partial charge in [-0.05, 0) is 38.0 Å². The van der Waals surface area contributed by atoms with Crippen LogP contribution >= 0.6 is 0 Å². The van der Waals surface area contributed by atoms with E-state index in [1.165, 1.54) is 0 Å². The summed E-state index contributed by atoms with van der Waals surface area (Å²) in [5.41, 5.74) is 8.52. The summed E-state index contributed by atoms with van der Waals surface area (Å²) in [4.78, 5) is 4.31. The Balaban J connectivity index is 2.12. The van der Waals surface area contributed by atoms with Crippen LogP contribution in [0.2, 0.25) is 0 Å². The average molecular weight is 271 g/mol. The number of aromatic nitrogens is 1. The monoisotopic (exact) mass is 271 g/mol. The van der Waals surface area contributed by atoms with Crippen molar-refractivity contribution in [3.63, 3.8) is 0 Å². The van der Waals surface area contributed by atoms with E-state index in [0.717, 1.165) is 34.9 Å². The number of benzene rings is 1. The summed E-state index contributed by atoms with van der Waals surface area (Å²) in [6.45, 7) is 6.10. The highest BCUT2D eigenvalue weighted by Crippen LogP contribution is 2.23. The minimum Gasteiger partial charge on any atom is -0.491 e. The molecule has 1 aromatic heterocycles. The summed E-state index contributed by atoms with van der Waals surface area (Å²) in [6.07, 6.45) is 2.95. The normalized spacial score (nSPS) is 11.9. The SMILES string of the molecule is CCC(C)Oc1cccc(Nc2cc(N)c(C)cn2)c1. The zero-order valence-electron chi connectivity index (χ0n) is 12.2. The largest absolute Gasteiger partial charge is 0.491 e. The summed E-state index contributed by atoms with van der Waals surface area (Å²) in [7, 11) is 0. The van der Waals surface area contributed by atoms with E-state index >= 15 is 0 Å². The summed E-state index contributed by atoms with van der Waals surface area (Å²) in [5.74, 6) is 1.58. The quantitative estimate of drug-likeness (QED) is 0.866. The number of hydrogen-bond acceptors (Lipinski definition) is 4. The molecule has 3 N–H and O–H groups in total. The van der Waals surface area contributed by atoms with E-state index in [9.17, 15) is 0 Å². The standard InChI is InChI=1S/C16H21N3O/c1-4-12(3)20-14-7-5-6-13(8-14)19-16-9-15(17)11(2)10-18-16/h5-10,12H,4H2,1-3H3,(H3,17,18,19). The summed E-state index contributed by atoms with van der Waals surface area (Å²) in [5, 5.41) is 3.23. The third kappa shape index (κ3) is 3.63. The van der Waals surface area contributed by atoms with E-state index in [2.05, 4.69) is 24.1 Å². The van der Waals surface area contributed by atoms with Crippen LogP contribution in [0.4, 0.5) is 17.2 Å². The lowest BCUT2D eigenvalue weighted by molar-refractivity contribution is 0.217. The van der Waals surface area contributed by atoms with Crippen LogP contribution in [0.15, 0.2) is 36.5 Å². The Kier molecular flexibility index (Phi) is 4.45. The molecule has 1 unspecified atom stereocenters. The number of rotatable bonds is 5. The number of nitrogen functional groups attached to an aromatic ring is 1. The molecule has 0 spiro atoms. The molecular weight excluding hydrogens is 250 g/mol. The highest BCUT2D eigenvalue weighted by atomic mass is 16.5. The van der Waals surface area contributed by atoms with Crippen molar-refractivity contribution in [3.05, 3.63) is 42.1 Å². The Morgan fingerprint density at radius 3 is 2.85 bits per heavy atom. The molecule has 1 heterocycles. The lowest BCUT2D eigenvalue weighted by Gasteiger charge is -2.14. The molecule has 1 aromatic carbocycles. The molecule has 0 aliphatic heterocycles. The first-order chi connectivity index (χ1) is 9.58. The zero-order valence-corrected chi connectivity index (χ0v) is 12.2. The van der Waals surface area contributed by atoms with Crippen LogP contribution in [0.5, 0.6) is 5.75 Å². The molecule has 4 heteroatoms. The van der Waals surface area contributed by atoms with Gasteiger partial charge >= 0.3 is 0 Å². The van der Waals surface area contributed by atoms with Crippen molar-refractivity contribution in [1.29, 1.82) is 0 Å². The van der Waals surface area contributed by atoms with Gasteiger partial charge in [-0.25, -0.2) is 4.98 Å². The first-order valence-electron chi connectivity index (χ1n) is 6.84. The maximum absolute atomic E-state index is 5.88. The summed E-state index contributed by atoms with van der Waals surface area (Å²) < 4.78 is 5.80. The Morgan fingerprint density at radius 1 is 1.35 bits per heavy atom. The van der Waals surface area contributed by atoms with E-state index in [1.807, 2.05) is 37.3 Å². The highest BCUT2D eigenvalue weighted by Gasteiger charge is 2.03. The minimum atomic E-state index is 0.207. The van der Waals surface area contributed by atoms with Gasteiger partial charge in [0.2, 0.25) is 0 Å². The molecule has 0 fully saturated rings.